The molecule has 0 spiro atoms. The SMILES string of the molecule is FC(F)(F)CCCOCCOc1ccc(Br)cc1. The van der Waals surface area contributed by atoms with Crippen LogP contribution in [0, 0.1) is 0 Å². The summed E-state index contributed by atoms with van der Waals surface area (Å²) in [5, 5.41) is 0. The van der Waals surface area contributed by atoms with Crippen molar-refractivity contribution in [3.05, 3.63) is 28.7 Å². The van der Waals surface area contributed by atoms with E-state index >= 15 is 0 Å². The molecule has 1 aromatic rings. The van der Waals surface area contributed by atoms with Gasteiger partial charge in [-0.3, -0.25) is 0 Å². The number of alkyl halides is 3. The lowest BCUT2D eigenvalue weighted by molar-refractivity contribution is -0.138. The minimum atomic E-state index is -4.10. The molecule has 0 atom stereocenters. The van der Waals surface area contributed by atoms with E-state index in [1.807, 2.05) is 12.1 Å². The van der Waals surface area contributed by atoms with E-state index in [2.05, 4.69) is 15.9 Å². The fourth-order valence-corrected chi connectivity index (χ4v) is 1.49. The van der Waals surface area contributed by atoms with Gasteiger partial charge in [-0.15, -0.1) is 0 Å². The van der Waals surface area contributed by atoms with Crippen LogP contribution in [0.15, 0.2) is 28.7 Å². The zero-order valence-electron chi connectivity index (χ0n) is 9.67. The van der Waals surface area contributed by atoms with Crippen LogP contribution in [0.1, 0.15) is 12.8 Å². The van der Waals surface area contributed by atoms with Gasteiger partial charge >= 0.3 is 6.18 Å². The van der Waals surface area contributed by atoms with Gasteiger partial charge in [0.25, 0.3) is 0 Å². The van der Waals surface area contributed by atoms with Gasteiger partial charge in [0.15, 0.2) is 0 Å². The molecule has 0 aliphatic carbocycles. The maximum atomic E-state index is 11.8. The number of halogens is 4. The zero-order chi connectivity index (χ0) is 13.4. The van der Waals surface area contributed by atoms with Crippen LogP contribution in [-0.4, -0.2) is 26.0 Å². The van der Waals surface area contributed by atoms with Crippen LogP contribution < -0.4 is 4.74 Å². The maximum absolute atomic E-state index is 11.8. The van der Waals surface area contributed by atoms with Gasteiger partial charge in [0.1, 0.15) is 12.4 Å². The second-order valence-electron chi connectivity index (χ2n) is 3.63. The molecule has 0 heterocycles. The number of benzene rings is 1. The molecule has 1 rings (SSSR count). The van der Waals surface area contributed by atoms with Gasteiger partial charge in [-0.2, -0.15) is 13.2 Å². The van der Waals surface area contributed by atoms with E-state index in [9.17, 15) is 13.2 Å². The van der Waals surface area contributed by atoms with Crippen LogP contribution in [-0.2, 0) is 4.74 Å². The topological polar surface area (TPSA) is 18.5 Å². The smallest absolute Gasteiger partial charge is 0.389 e. The summed E-state index contributed by atoms with van der Waals surface area (Å²) >= 11 is 3.30. The summed E-state index contributed by atoms with van der Waals surface area (Å²) in [5.74, 6) is 0.706. The maximum Gasteiger partial charge on any atom is 0.389 e. The van der Waals surface area contributed by atoms with Crippen molar-refractivity contribution in [3.63, 3.8) is 0 Å². The van der Waals surface area contributed by atoms with Crippen LogP contribution >= 0.6 is 15.9 Å². The fraction of sp³-hybridized carbons (Fsp3) is 0.500. The molecule has 0 saturated heterocycles. The van der Waals surface area contributed by atoms with E-state index in [4.69, 9.17) is 9.47 Å². The standard InChI is InChI=1S/C12H14BrF3O2/c13-10-2-4-11(5-3-10)18-9-8-17-7-1-6-12(14,15)16/h2-5H,1,6-9H2. The van der Waals surface area contributed by atoms with Gasteiger partial charge in [0, 0.05) is 17.5 Å². The van der Waals surface area contributed by atoms with Crippen molar-refractivity contribution in [1.82, 2.24) is 0 Å². The average molecular weight is 327 g/mol. The number of rotatable bonds is 7. The van der Waals surface area contributed by atoms with Gasteiger partial charge in [0.2, 0.25) is 0 Å². The lowest BCUT2D eigenvalue weighted by Gasteiger charge is -2.08. The molecule has 0 unspecified atom stereocenters. The summed E-state index contributed by atoms with van der Waals surface area (Å²) in [5.41, 5.74) is 0. The monoisotopic (exact) mass is 326 g/mol. The largest absolute Gasteiger partial charge is 0.491 e. The molecule has 0 aliphatic heterocycles. The minimum Gasteiger partial charge on any atom is -0.491 e. The molecule has 0 fully saturated rings. The normalized spacial score (nSPS) is 11.6. The van der Waals surface area contributed by atoms with Crippen molar-refractivity contribution in [1.29, 1.82) is 0 Å². The number of ether oxygens (including phenoxy) is 2. The quantitative estimate of drug-likeness (QED) is 0.699. The summed E-state index contributed by atoms with van der Waals surface area (Å²) in [6.45, 7) is 0.713. The highest BCUT2D eigenvalue weighted by Crippen LogP contribution is 2.21. The van der Waals surface area contributed by atoms with E-state index in [-0.39, 0.29) is 19.6 Å². The Bertz CT molecular complexity index is 338. The van der Waals surface area contributed by atoms with Crippen molar-refractivity contribution < 1.29 is 22.6 Å². The Morgan fingerprint density at radius 3 is 2.28 bits per heavy atom. The molecule has 0 N–H and O–H groups in total. The van der Waals surface area contributed by atoms with Gasteiger partial charge in [-0.25, -0.2) is 0 Å². The Morgan fingerprint density at radius 1 is 1.00 bits per heavy atom. The van der Waals surface area contributed by atoms with Gasteiger partial charge < -0.3 is 9.47 Å². The summed E-state index contributed by atoms with van der Waals surface area (Å²) in [4.78, 5) is 0. The van der Waals surface area contributed by atoms with E-state index in [1.165, 1.54) is 0 Å². The zero-order valence-corrected chi connectivity index (χ0v) is 11.3. The molecule has 18 heavy (non-hydrogen) atoms. The Labute approximate surface area is 112 Å². The molecule has 0 amide bonds. The van der Waals surface area contributed by atoms with Crippen molar-refractivity contribution in [3.8, 4) is 5.75 Å². The average Bonchev–Trinajstić information content (AvgIpc) is 2.29. The Hall–Kier alpha value is -0.750. The molecule has 0 bridgehead atoms. The van der Waals surface area contributed by atoms with Gasteiger partial charge in [-0.05, 0) is 30.7 Å². The number of hydrogen-bond acceptors (Lipinski definition) is 2. The first-order valence-electron chi connectivity index (χ1n) is 5.50. The molecule has 0 radical (unpaired) electrons. The van der Waals surface area contributed by atoms with Crippen molar-refractivity contribution in [2.45, 2.75) is 19.0 Å². The molecular weight excluding hydrogens is 313 g/mol. The Morgan fingerprint density at radius 2 is 1.67 bits per heavy atom. The van der Waals surface area contributed by atoms with E-state index < -0.39 is 12.6 Å². The second-order valence-corrected chi connectivity index (χ2v) is 4.55. The van der Waals surface area contributed by atoms with E-state index in [0.29, 0.717) is 12.4 Å². The van der Waals surface area contributed by atoms with Crippen molar-refractivity contribution in [2.75, 3.05) is 19.8 Å². The van der Waals surface area contributed by atoms with E-state index in [1.54, 1.807) is 12.1 Å². The minimum absolute atomic E-state index is 0.0121. The van der Waals surface area contributed by atoms with Crippen molar-refractivity contribution >= 4 is 15.9 Å². The van der Waals surface area contributed by atoms with Crippen LogP contribution in [0.3, 0.4) is 0 Å². The molecule has 0 aromatic heterocycles. The third-order valence-corrected chi connectivity index (χ3v) is 2.59. The highest BCUT2D eigenvalue weighted by atomic mass is 79.9. The fourth-order valence-electron chi connectivity index (χ4n) is 1.23. The molecule has 0 aliphatic rings. The molecule has 1 aromatic carbocycles. The molecule has 2 nitrogen and oxygen atoms in total. The highest BCUT2D eigenvalue weighted by molar-refractivity contribution is 9.10. The summed E-state index contributed by atoms with van der Waals surface area (Å²) in [6, 6.07) is 7.29. The van der Waals surface area contributed by atoms with Crippen LogP contribution in [0.4, 0.5) is 13.2 Å². The molecule has 6 heteroatoms. The Balaban J connectivity index is 2.00. The van der Waals surface area contributed by atoms with Crippen LogP contribution in [0.2, 0.25) is 0 Å². The van der Waals surface area contributed by atoms with E-state index in [0.717, 1.165) is 4.47 Å². The molecular formula is C12H14BrF3O2. The number of hydrogen-bond donors (Lipinski definition) is 0. The van der Waals surface area contributed by atoms with Gasteiger partial charge in [0.05, 0.1) is 6.61 Å². The van der Waals surface area contributed by atoms with Crippen LogP contribution in [0.25, 0.3) is 0 Å². The summed E-state index contributed by atoms with van der Waals surface area (Å²) in [7, 11) is 0. The van der Waals surface area contributed by atoms with Crippen molar-refractivity contribution in [2.24, 2.45) is 0 Å². The second kappa shape index (κ2) is 7.63. The van der Waals surface area contributed by atoms with Crippen LogP contribution in [0.5, 0.6) is 5.75 Å². The third kappa shape index (κ3) is 7.55. The lowest BCUT2D eigenvalue weighted by Crippen LogP contribution is -2.11. The first-order chi connectivity index (χ1) is 8.47. The lowest BCUT2D eigenvalue weighted by atomic mass is 10.3. The summed E-state index contributed by atoms with van der Waals surface area (Å²) < 4.78 is 46.7. The van der Waals surface area contributed by atoms with Gasteiger partial charge in [-0.1, -0.05) is 15.9 Å². The summed E-state index contributed by atoms with van der Waals surface area (Å²) in [6.07, 6.45) is -4.92. The Kier molecular flexibility index (Phi) is 6.49. The predicted molar refractivity (Wildman–Crippen MR) is 65.7 cm³/mol. The first kappa shape index (κ1) is 15.3. The third-order valence-electron chi connectivity index (χ3n) is 2.06. The molecule has 102 valence electrons. The molecule has 0 saturated carbocycles. The highest BCUT2D eigenvalue weighted by Gasteiger charge is 2.25. The predicted octanol–water partition coefficient (Wildman–Crippen LogP) is 4.19. The first-order valence-corrected chi connectivity index (χ1v) is 6.29.